The van der Waals surface area contributed by atoms with E-state index < -0.39 is 182 Å². The minimum Gasteiger partial charge on any atom is -0.508 e. The van der Waals surface area contributed by atoms with Gasteiger partial charge in [-0.15, -0.1) is 0 Å². The quantitative estimate of drug-likeness (QED) is 0.0168. The third-order valence-electron chi connectivity index (χ3n) is 12.4. The number of carbonyl (C=O) groups excluding carboxylic acids is 10. The number of aromatic hydroxyl groups is 1. The molecule has 0 saturated carbocycles. The first-order valence-electron chi connectivity index (χ1n) is 26.9. The lowest BCUT2D eigenvalue weighted by molar-refractivity contribution is -0.144. The highest BCUT2D eigenvalue weighted by Gasteiger charge is 2.37. The fourth-order valence-electron chi connectivity index (χ4n) is 8.04. The number of nitrogens with two attached hydrogens (primary N) is 4. The van der Waals surface area contributed by atoms with Crippen LogP contribution in [0, 0.1) is 5.92 Å². The zero-order chi connectivity index (χ0) is 65.7. The van der Waals surface area contributed by atoms with Crippen molar-refractivity contribution >= 4 is 88.9 Å². The van der Waals surface area contributed by atoms with Gasteiger partial charge >= 0.3 is 23.9 Å². The van der Waals surface area contributed by atoms with Crippen molar-refractivity contribution in [2.75, 3.05) is 13.1 Å². The molecule has 0 fully saturated rings. The first-order chi connectivity index (χ1) is 40.8. The number of primary amides is 1. The predicted molar refractivity (Wildman–Crippen MR) is 302 cm³/mol. The van der Waals surface area contributed by atoms with Crippen LogP contribution in [0.1, 0.15) is 83.3 Å². The van der Waals surface area contributed by atoms with Gasteiger partial charge in [0.15, 0.2) is 5.96 Å². The van der Waals surface area contributed by atoms with Crippen LogP contribution in [0.5, 0.6) is 5.75 Å². The number of benzene rings is 2. The average molecular weight is 1230 g/mol. The molecule has 0 saturated heterocycles. The summed E-state index contributed by atoms with van der Waals surface area (Å²) in [7, 11) is 0. The summed E-state index contributed by atoms with van der Waals surface area (Å²) in [5.41, 5.74) is 23.2. The largest absolute Gasteiger partial charge is 0.508 e. The molecule has 34 nitrogen and oxygen atoms in total. The van der Waals surface area contributed by atoms with E-state index in [0.29, 0.717) is 11.1 Å². The molecule has 0 spiro atoms. The van der Waals surface area contributed by atoms with Crippen molar-refractivity contribution in [1.29, 1.82) is 0 Å². The number of carbonyl (C=O) groups is 14. The number of carboxylic acids is 4. The van der Waals surface area contributed by atoms with Crippen LogP contribution in [0.25, 0.3) is 0 Å². The van der Waals surface area contributed by atoms with Gasteiger partial charge in [-0.1, -0.05) is 56.3 Å². The van der Waals surface area contributed by atoms with E-state index in [4.69, 9.17) is 22.9 Å². The fraction of sp³-hybridized carbons (Fsp3) is 0.491. The second kappa shape index (κ2) is 36.7. The Kier molecular flexibility index (Phi) is 30.8. The number of hydrogen-bond acceptors (Lipinski definition) is 18. The normalized spacial score (nSPS) is 14.3. The molecule has 0 heterocycles. The van der Waals surface area contributed by atoms with Crippen LogP contribution in [0.15, 0.2) is 59.6 Å². The number of phenolic OH excluding ortho intramolecular Hbond substituents is 1. The minimum absolute atomic E-state index is 0.0116. The van der Waals surface area contributed by atoms with Crippen LogP contribution in [0.4, 0.5) is 0 Å². The van der Waals surface area contributed by atoms with Crippen molar-refractivity contribution in [3.8, 4) is 5.75 Å². The molecule has 0 bridgehead atoms. The molecule has 0 aromatic heterocycles. The predicted octanol–water partition coefficient (Wildman–Crippen LogP) is -6.25. The van der Waals surface area contributed by atoms with Gasteiger partial charge < -0.3 is 101 Å². The molecule has 10 atom stereocenters. The number of rotatable bonds is 39. The molecular formula is C53H76N14O20. The third kappa shape index (κ3) is 28.4. The topological polar surface area (TPSA) is 585 Å². The zero-order valence-corrected chi connectivity index (χ0v) is 47.7. The van der Waals surface area contributed by atoms with E-state index in [9.17, 15) is 97.8 Å². The average Bonchev–Trinajstić information content (AvgIpc) is 3.58. The molecule has 34 heteroatoms. The van der Waals surface area contributed by atoms with E-state index in [1.807, 2.05) is 0 Å². The Balaban J connectivity index is 2.32. The lowest BCUT2D eigenvalue weighted by Crippen LogP contribution is -2.61. The summed E-state index contributed by atoms with van der Waals surface area (Å²) in [4.78, 5) is 186. The van der Waals surface area contributed by atoms with Crippen LogP contribution in [0.2, 0.25) is 0 Å². The van der Waals surface area contributed by atoms with E-state index in [0.717, 1.165) is 6.92 Å². The molecule has 0 unspecified atom stereocenters. The third-order valence-corrected chi connectivity index (χ3v) is 12.4. The standard InChI is InChI=1S/C53H76N14O20/c1-25(2)18-33(48(82)65-36(23-42(76)77)50(84)66-37(52(86)87)20-28-11-13-29(69)14-12-28)60-39(71)24-59-45(79)34(21-38(55)70)64-46(80)32(15-16-40(72)73)62-51(85)43(26(3)68)67-47(81)31(10-7-17-58-53(56)57)61-49(83)35(22-41(74)75)63-44(78)30(54)19-27-8-5-4-6-9-27/h4-6,8-9,11-14,25-26,30-37,43,68-69H,7,10,15-24,54H2,1-3H3,(H2,55,70)(H,59,79)(H,60,71)(H,61,83)(H,62,85)(H,63,78)(H,64,80)(H,65,82)(H,66,84)(H,67,81)(H,72,73)(H,74,75)(H,76,77)(H,86,87)(H4,56,57,58)/t26-,30+,31+,32+,33+,34+,35+,36+,37+,43+/m1/s1. The molecule has 23 N–H and O–H groups in total. The Morgan fingerprint density at radius 1 is 0.506 bits per heavy atom. The summed E-state index contributed by atoms with van der Waals surface area (Å²) in [6, 6.07) is -2.04. The van der Waals surface area contributed by atoms with Gasteiger partial charge in [-0.2, -0.15) is 0 Å². The number of amides is 10. The Hall–Kier alpha value is -9.99. The lowest BCUT2D eigenvalue weighted by atomic mass is 10.0. The van der Waals surface area contributed by atoms with E-state index in [1.165, 1.54) is 24.3 Å². The minimum atomic E-state index is -2.03. The van der Waals surface area contributed by atoms with Gasteiger partial charge in [0.25, 0.3) is 0 Å². The molecule has 0 radical (unpaired) electrons. The number of nitrogens with one attached hydrogen (secondary N) is 9. The summed E-state index contributed by atoms with van der Waals surface area (Å²) < 4.78 is 0. The molecule has 10 amide bonds. The number of nitrogens with zero attached hydrogens (tertiary/aromatic N) is 1. The lowest BCUT2D eigenvalue weighted by Gasteiger charge is -2.28. The summed E-state index contributed by atoms with van der Waals surface area (Å²) in [5, 5.41) is 78.7. The van der Waals surface area contributed by atoms with Gasteiger partial charge in [0.05, 0.1) is 38.0 Å². The number of guanidine groups is 1. The van der Waals surface area contributed by atoms with Crippen LogP contribution in [0.3, 0.4) is 0 Å². The van der Waals surface area contributed by atoms with Gasteiger partial charge in [0, 0.05) is 19.4 Å². The molecule has 0 aliphatic carbocycles. The Bertz CT molecular complexity index is 2800. The molecule has 0 aliphatic heterocycles. The maximum Gasteiger partial charge on any atom is 0.326 e. The van der Waals surface area contributed by atoms with Crippen LogP contribution >= 0.6 is 0 Å². The van der Waals surface area contributed by atoms with Gasteiger partial charge in [0.2, 0.25) is 59.1 Å². The number of aliphatic hydroxyl groups is 1. The second-order valence-corrected chi connectivity index (χ2v) is 20.3. The molecular weight excluding hydrogens is 1150 g/mol. The first kappa shape index (κ1) is 73.1. The second-order valence-electron chi connectivity index (χ2n) is 20.3. The molecule has 2 rings (SSSR count). The Morgan fingerprint density at radius 3 is 1.48 bits per heavy atom. The smallest absolute Gasteiger partial charge is 0.326 e. The summed E-state index contributed by atoms with van der Waals surface area (Å²) in [6.07, 6.45) is -7.33. The summed E-state index contributed by atoms with van der Waals surface area (Å²) >= 11 is 0. The van der Waals surface area contributed by atoms with Crippen molar-refractivity contribution in [3.63, 3.8) is 0 Å². The first-order valence-corrected chi connectivity index (χ1v) is 26.9. The number of hydrogen-bond donors (Lipinski definition) is 19. The van der Waals surface area contributed by atoms with Crippen molar-refractivity contribution in [2.45, 2.75) is 145 Å². The highest BCUT2D eigenvalue weighted by Crippen LogP contribution is 2.13. The van der Waals surface area contributed by atoms with Crippen molar-refractivity contribution < 1.29 is 97.8 Å². The molecule has 87 heavy (non-hydrogen) atoms. The molecule has 2 aromatic rings. The number of aliphatic carboxylic acids is 4. The fourth-order valence-corrected chi connectivity index (χ4v) is 8.04. The van der Waals surface area contributed by atoms with Crippen molar-refractivity contribution in [2.24, 2.45) is 33.8 Å². The number of aliphatic hydroxyl groups excluding tert-OH is 1. The van der Waals surface area contributed by atoms with E-state index in [2.05, 4.69) is 52.8 Å². The van der Waals surface area contributed by atoms with Gasteiger partial charge in [-0.05, 0) is 68.2 Å². The van der Waals surface area contributed by atoms with Crippen LogP contribution < -0.4 is 70.8 Å². The van der Waals surface area contributed by atoms with Crippen LogP contribution in [-0.2, 0) is 80.0 Å². The van der Waals surface area contributed by atoms with E-state index in [-0.39, 0.29) is 56.3 Å². The monoisotopic (exact) mass is 1230 g/mol. The Morgan fingerprint density at radius 2 is 0.977 bits per heavy atom. The molecule has 2 aromatic carbocycles. The maximum atomic E-state index is 13.9. The van der Waals surface area contributed by atoms with Gasteiger partial charge in [0.1, 0.15) is 54.1 Å². The summed E-state index contributed by atoms with van der Waals surface area (Å²) in [6.45, 7) is 3.14. The highest BCUT2D eigenvalue weighted by molar-refractivity contribution is 6.00. The number of carboxylic acid groups (broad SMARTS) is 4. The maximum absolute atomic E-state index is 13.9. The summed E-state index contributed by atoms with van der Waals surface area (Å²) in [5.74, 6) is -19.0. The van der Waals surface area contributed by atoms with Gasteiger partial charge in [-0.25, -0.2) is 4.79 Å². The van der Waals surface area contributed by atoms with E-state index >= 15 is 0 Å². The zero-order valence-electron chi connectivity index (χ0n) is 47.7. The van der Waals surface area contributed by atoms with E-state index in [1.54, 1.807) is 44.2 Å². The molecule has 478 valence electrons. The van der Waals surface area contributed by atoms with Crippen molar-refractivity contribution in [3.05, 3.63) is 65.7 Å². The van der Waals surface area contributed by atoms with Crippen LogP contribution in [-0.4, -0.2) is 193 Å². The van der Waals surface area contributed by atoms with Gasteiger partial charge in [-0.3, -0.25) is 67.3 Å². The number of phenols is 1. The highest BCUT2D eigenvalue weighted by atomic mass is 16.4. The van der Waals surface area contributed by atoms with Crippen molar-refractivity contribution in [1.82, 2.24) is 47.9 Å². The Labute approximate surface area is 497 Å². The SMILES string of the molecule is CC(C)C[C@H](NC(=O)CNC(=O)[C@H](CC(N)=O)NC(=O)[C@H](CCC(=O)O)NC(=O)[C@@H](NC(=O)[C@H](CCCN=C(N)N)NC(=O)[C@H](CC(=O)O)NC(=O)[C@@H](N)Cc1ccccc1)[C@@H](C)O)C(=O)N[C@@H](CC(=O)O)C(=O)N[C@@H](Cc1ccc(O)cc1)C(=O)O. The molecule has 0 aliphatic rings. The number of aliphatic imine (C=N–C) groups is 1.